The van der Waals surface area contributed by atoms with Crippen molar-refractivity contribution in [1.29, 1.82) is 0 Å². The minimum absolute atomic E-state index is 0.181. The second-order valence-electron chi connectivity index (χ2n) is 6.30. The van der Waals surface area contributed by atoms with Crippen molar-refractivity contribution < 1.29 is 9.84 Å². The third kappa shape index (κ3) is 3.28. The zero-order chi connectivity index (χ0) is 14.8. The molecule has 1 aliphatic heterocycles. The largest absolute Gasteiger partial charge is 0.393 e. The van der Waals surface area contributed by atoms with Crippen molar-refractivity contribution in [2.45, 2.75) is 51.7 Å². The minimum Gasteiger partial charge on any atom is -0.393 e. The van der Waals surface area contributed by atoms with Crippen LogP contribution in [0.25, 0.3) is 10.8 Å². The lowest BCUT2D eigenvalue weighted by atomic mass is 9.93. The van der Waals surface area contributed by atoms with Crippen LogP contribution in [0.4, 0.5) is 0 Å². The van der Waals surface area contributed by atoms with Crippen LogP contribution in [-0.4, -0.2) is 23.9 Å². The van der Waals surface area contributed by atoms with Crippen LogP contribution >= 0.6 is 0 Å². The van der Waals surface area contributed by atoms with Gasteiger partial charge in [0.2, 0.25) is 0 Å². The Balaban J connectivity index is 1.81. The molecule has 1 saturated heterocycles. The van der Waals surface area contributed by atoms with E-state index >= 15 is 0 Å². The maximum Gasteiger partial charge on any atom is 0.0603 e. The molecule has 2 unspecified atom stereocenters. The smallest absolute Gasteiger partial charge is 0.0603 e. The standard InChI is InChI=1S/C19H24O2/c1-13-3-7-19-15(11-13)5-4-14(2)18(19)8-6-17-12-16(20)9-10-21-17/h3-5,7,11,16-17,20H,6,8-10,12H2,1-2H3. The van der Waals surface area contributed by atoms with Crippen molar-refractivity contribution in [3.63, 3.8) is 0 Å². The Morgan fingerprint density at radius 2 is 2.05 bits per heavy atom. The maximum absolute atomic E-state index is 9.75. The molecule has 2 aromatic rings. The number of hydrogen-bond acceptors (Lipinski definition) is 2. The Bertz CT molecular complexity index is 633. The molecule has 2 aromatic carbocycles. The number of hydrogen-bond donors (Lipinski definition) is 1. The predicted molar refractivity (Wildman–Crippen MR) is 86.7 cm³/mol. The number of aliphatic hydroxyl groups excluding tert-OH is 1. The summed E-state index contributed by atoms with van der Waals surface area (Å²) in [7, 11) is 0. The number of aliphatic hydroxyl groups is 1. The predicted octanol–water partition coefficient (Wildman–Crippen LogP) is 3.93. The number of benzene rings is 2. The lowest BCUT2D eigenvalue weighted by Crippen LogP contribution is -2.29. The summed E-state index contributed by atoms with van der Waals surface area (Å²) in [5.41, 5.74) is 4.08. The summed E-state index contributed by atoms with van der Waals surface area (Å²) in [6.07, 6.45) is 3.59. The van der Waals surface area contributed by atoms with Gasteiger partial charge in [-0.3, -0.25) is 0 Å². The van der Waals surface area contributed by atoms with Gasteiger partial charge in [0.25, 0.3) is 0 Å². The van der Waals surface area contributed by atoms with Crippen molar-refractivity contribution in [2.24, 2.45) is 0 Å². The van der Waals surface area contributed by atoms with Crippen LogP contribution < -0.4 is 0 Å². The van der Waals surface area contributed by atoms with Crippen LogP contribution in [0.5, 0.6) is 0 Å². The van der Waals surface area contributed by atoms with Gasteiger partial charge < -0.3 is 9.84 Å². The Kier molecular flexibility index (Phi) is 4.27. The minimum atomic E-state index is -0.181. The molecule has 1 fully saturated rings. The van der Waals surface area contributed by atoms with E-state index < -0.39 is 0 Å². The molecule has 2 heteroatoms. The van der Waals surface area contributed by atoms with E-state index in [1.54, 1.807) is 0 Å². The molecule has 0 aliphatic carbocycles. The highest BCUT2D eigenvalue weighted by Gasteiger charge is 2.21. The van der Waals surface area contributed by atoms with E-state index in [2.05, 4.69) is 44.2 Å². The molecule has 2 atom stereocenters. The average molecular weight is 284 g/mol. The van der Waals surface area contributed by atoms with Gasteiger partial charge in [0.1, 0.15) is 0 Å². The molecule has 112 valence electrons. The number of fused-ring (bicyclic) bond motifs is 1. The van der Waals surface area contributed by atoms with E-state index in [0.717, 1.165) is 25.7 Å². The SMILES string of the molecule is Cc1ccc2c(CCC3CC(O)CCO3)c(C)ccc2c1. The topological polar surface area (TPSA) is 29.5 Å². The summed E-state index contributed by atoms with van der Waals surface area (Å²) in [6, 6.07) is 11.1. The van der Waals surface area contributed by atoms with Gasteiger partial charge in [0, 0.05) is 6.61 Å². The van der Waals surface area contributed by atoms with Crippen molar-refractivity contribution in [2.75, 3.05) is 6.61 Å². The second-order valence-corrected chi connectivity index (χ2v) is 6.30. The third-order valence-corrected chi connectivity index (χ3v) is 4.58. The maximum atomic E-state index is 9.75. The first-order chi connectivity index (χ1) is 10.1. The molecular formula is C19H24O2. The Morgan fingerprint density at radius 3 is 2.86 bits per heavy atom. The molecule has 0 amide bonds. The lowest BCUT2D eigenvalue weighted by molar-refractivity contribution is -0.0459. The van der Waals surface area contributed by atoms with E-state index in [9.17, 15) is 5.11 Å². The van der Waals surface area contributed by atoms with Crippen molar-refractivity contribution in [3.8, 4) is 0 Å². The van der Waals surface area contributed by atoms with Gasteiger partial charge in [-0.15, -0.1) is 0 Å². The Labute approximate surface area is 126 Å². The molecule has 0 bridgehead atoms. The highest BCUT2D eigenvalue weighted by molar-refractivity contribution is 5.87. The fraction of sp³-hybridized carbons (Fsp3) is 0.474. The fourth-order valence-corrected chi connectivity index (χ4v) is 3.32. The molecule has 2 nitrogen and oxygen atoms in total. The first kappa shape index (κ1) is 14.6. The molecule has 0 aromatic heterocycles. The highest BCUT2D eigenvalue weighted by Crippen LogP contribution is 2.26. The van der Waals surface area contributed by atoms with Gasteiger partial charge in [-0.25, -0.2) is 0 Å². The molecular weight excluding hydrogens is 260 g/mol. The van der Waals surface area contributed by atoms with Crippen molar-refractivity contribution in [1.82, 2.24) is 0 Å². The lowest BCUT2D eigenvalue weighted by Gasteiger charge is -2.26. The number of aryl methyl sites for hydroxylation is 3. The summed E-state index contributed by atoms with van der Waals surface area (Å²) in [5.74, 6) is 0. The van der Waals surface area contributed by atoms with Crippen molar-refractivity contribution in [3.05, 3.63) is 47.0 Å². The van der Waals surface area contributed by atoms with Crippen LogP contribution in [0.15, 0.2) is 30.3 Å². The molecule has 1 N–H and O–H groups in total. The molecule has 0 spiro atoms. The zero-order valence-corrected chi connectivity index (χ0v) is 12.9. The molecule has 1 aliphatic rings. The molecule has 0 radical (unpaired) electrons. The first-order valence-corrected chi connectivity index (χ1v) is 7.92. The normalized spacial score (nSPS) is 22.6. The van der Waals surface area contributed by atoms with Gasteiger partial charge in [0.15, 0.2) is 0 Å². The average Bonchev–Trinajstić information content (AvgIpc) is 2.46. The summed E-state index contributed by atoms with van der Waals surface area (Å²) >= 11 is 0. The first-order valence-electron chi connectivity index (χ1n) is 7.92. The number of ether oxygens (including phenoxy) is 1. The van der Waals surface area contributed by atoms with Crippen molar-refractivity contribution >= 4 is 10.8 Å². The van der Waals surface area contributed by atoms with Gasteiger partial charge in [-0.1, -0.05) is 35.9 Å². The van der Waals surface area contributed by atoms with Crippen LogP contribution in [0.3, 0.4) is 0 Å². The van der Waals surface area contributed by atoms with Gasteiger partial charge >= 0.3 is 0 Å². The monoisotopic (exact) mass is 284 g/mol. The van der Waals surface area contributed by atoms with Gasteiger partial charge in [0.05, 0.1) is 12.2 Å². The summed E-state index contributed by atoms with van der Waals surface area (Å²) in [4.78, 5) is 0. The molecule has 0 saturated carbocycles. The Hall–Kier alpha value is -1.38. The number of rotatable bonds is 3. The zero-order valence-electron chi connectivity index (χ0n) is 12.9. The highest BCUT2D eigenvalue weighted by atomic mass is 16.5. The second kappa shape index (κ2) is 6.17. The van der Waals surface area contributed by atoms with E-state index in [-0.39, 0.29) is 12.2 Å². The van der Waals surface area contributed by atoms with Crippen LogP contribution in [0, 0.1) is 13.8 Å². The molecule has 1 heterocycles. The molecule has 3 rings (SSSR count). The quantitative estimate of drug-likeness (QED) is 0.925. The van der Waals surface area contributed by atoms with Crippen LogP contribution in [-0.2, 0) is 11.2 Å². The third-order valence-electron chi connectivity index (χ3n) is 4.58. The summed E-state index contributed by atoms with van der Waals surface area (Å²) in [5, 5.41) is 12.4. The Morgan fingerprint density at radius 1 is 1.19 bits per heavy atom. The van der Waals surface area contributed by atoms with E-state index in [4.69, 9.17) is 4.74 Å². The van der Waals surface area contributed by atoms with Crippen LogP contribution in [0.2, 0.25) is 0 Å². The van der Waals surface area contributed by atoms with E-state index in [1.165, 1.54) is 27.5 Å². The summed E-state index contributed by atoms with van der Waals surface area (Å²) in [6.45, 7) is 5.01. The van der Waals surface area contributed by atoms with Crippen LogP contribution in [0.1, 0.15) is 36.0 Å². The molecule has 21 heavy (non-hydrogen) atoms. The fourth-order valence-electron chi connectivity index (χ4n) is 3.32. The van der Waals surface area contributed by atoms with Gasteiger partial charge in [-0.2, -0.15) is 0 Å². The van der Waals surface area contributed by atoms with E-state index in [1.807, 2.05) is 0 Å². The van der Waals surface area contributed by atoms with E-state index in [0.29, 0.717) is 6.61 Å². The van der Waals surface area contributed by atoms with Gasteiger partial charge in [-0.05, 0) is 61.4 Å². The summed E-state index contributed by atoms with van der Waals surface area (Å²) < 4.78 is 5.78.